The molecule has 0 aliphatic heterocycles. The number of esters is 2. The first kappa shape index (κ1) is 18.9. The van der Waals surface area contributed by atoms with Gasteiger partial charge in [-0.05, 0) is 32.9 Å². The topological polar surface area (TPSA) is 95.0 Å². The first-order valence-corrected chi connectivity index (χ1v) is 7.62. The maximum atomic E-state index is 12.2. The summed E-state index contributed by atoms with van der Waals surface area (Å²) in [4.78, 5) is 28.4. The smallest absolute Gasteiger partial charge is 0.323 e. The summed E-state index contributed by atoms with van der Waals surface area (Å²) in [5.74, 6) is -2.67. The van der Waals surface area contributed by atoms with Crippen molar-refractivity contribution in [3.63, 3.8) is 0 Å². The highest BCUT2D eigenvalue weighted by Crippen LogP contribution is 2.22. The Balaban J connectivity index is 3.05. The van der Waals surface area contributed by atoms with Gasteiger partial charge in [0.1, 0.15) is 5.75 Å². The van der Waals surface area contributed by atoms with E-state index >= 15 is 0 Å². The van der Waals surface area contributed by atoms with Crippen molar-refractivity contribution >= 4 is 11.9 Å². The number of nitrogens with zero attached hydrogens (tertiary/aromatic N) is 1. The molecule has 0 bridgehead atoms. The third-order valence-electron chi connectivity index (χ3n) is 3.09. The zero-order valence-corrected chi connectivity index (χ0v) is 13.7. The van der Waals surface area contributed by atoms with Crippen molar-refractivity contribution in [1.29, 1.82) is 0 Å². The van der Waals surface area contributed by atoms with Gasteiger partial charge in [0.25, 0.3) is 0 Å². The molecule has 1 rings (SSSR count). The monoisotopic (exact) mass is 325 g/mol. The van der Waals surface area contributed by atoms with Crippen LogP contribution in [0, 0.1) is 5.92 Å². The van der Waals surface area contributed by atoms with Gasteiger partial charge in [0.2, 0.25) is 0 Å². The van der Waals surface area contributed by atoms with Crippen LogP contribution >= 0.6 is 0 Å². The highest BCUT2D eigenvalue weighted by molar-refractivity contribution is 5.95. The Kier molecular flexibility index (Phi) is 8.04. The Hall–Kier alpha value is -2.15. The van der Waals surface area contributed by atoms with Gasteiger partial charge in [-0.3, -0.25) is 14.6 Å². The molecule has 0 aliphatic rings. The van der Waals surface area contributed by atoms with Crippen LogP contribution in [0.25, 0.3) is 0 Å². The molecule has 0 saturated carbocycles. The van der Waals surface area contributed by atoms with E-state index in [1.165, 1.54) is 12.3 Å². The quantitative estimate of drug-likeness (QED) is 0.542. The van der Waals surface area contributed by atoms with Crippen molar-refractivity contribution in [2.75, 3.05) is 19.8 Å². The average Bonchev–Trinajstić information content (AvgIpc) is 2.50. The normalized spacial score (nSPS) is 12.0. The van der Waals surface area contributed by atoms with Gasteiger partial charge in [-0.1, -0.05) is 0 Å². The molecule has 1 aromatic rings. The highest BCUT2D eigenvalue weighted by atomic mass is 16.6. The molecule has 0 aromatic carbocycles. The summed E-state index contributed by atoms with van der Waals surface area (Å²) in [6, 6.07) is 3.07. The first-order valence-electron chi connectivity index (χ1n) is 7.62. The van der Waals surface area contributed by atoms with Crippen molar-refractivity contribution in [1.82, 2.24) is 4.98 Å². The summed E-state index contributed by atoms with van der Waals surface area (Å²) in [6.07, 6.45) is 0.767. The molecule has 0 amide bonds. The van der Waals surface area contributed by atoms with Gasteiger partial charge in [0, 0.05) is 19.2 Å². The highest BCUT2D eigenvalue weighted by Gasteiger charge is 2.38. The predicted octanol–water partition coefficient (Wildman–Crippen LogP) is 1.48. The van der Waals surface area contributed by atoms with E-state index in [0.29, 0.717) is 5.69 Å². The molecule has 1 heterocycles. The number of aromatic hydroxyl groups is 1. The summed E-state index contributed by atoms with van der Waals surface area (Å²) in [6.45, 7) is 5.62. The Morgan fingerprint density at radius 1 is 1.13 bits per heavy atom. The van der Waals surface area contributed by atoms with E-state index in [1.807, 2.05) is 0 Å². The fourth-order valence-electron chi connectivity index (χ4n) is 2.13. The van der Waals surface area contributed by atoms with E-state index in [0.717, 1.165) is 0 Å². The molecular formula is C16H23NO6. The maximum Gasteiger partial charge on any atom is 0.323 e. The molecule has 128 valence electrons. The van der Waals surface area contributed by atoms with Gasteiger partial charge < -0.3 is 19.3 Å². The molecule has 0 saturated heterocycles. The third-order valence-corrected chi connectivity index (χ3v) is 3.09. The largest absolute Gasteiger partial charge is 0.506 e. The standard InChI is InChI=1S/C16H23NO6/c1-4-21-13(10-11-12(18)8-7-9-17-11)14(15(19)22-5-2)16(20)23-6-3/h7-9,13-14,18H,4-6,10H2,1-3H3. The lowest BCUT2D eigenvalue weighted by Crippen LogP contribution is -2.40. The molecule has 0 aliphatic carbocycles. The number of aromatic nitrogens is 1. The lowest BCUT2D eigenvalue weighted by molar-refractivity contribution is -0.169. The van der Waals surface area contributed by atoms with E-state index in [4.69, 9.17) is 14.2 Å². The number of hydrogen-bond donors (Lipinski definition) is 1. The molecular weight excluding hydrogens is 302 g/mol. The number of ether oxygens (including phenoxy) is 3. The zero-order chi connectivity index (χ0) is 17.2. The minimum atomic E-state index is -1.23. The van der Waals surface area contributed by atoms with Gasteiger partial charge in [-0.25, -0.2) is 0 Å². The molecule has 1 aromatic heterocycles. The molecule has 1 unspecified atom stereocenters. The number of hydrogen-bond acceptors (Lipinski definition) is 7. The van der Waals surface area contributed by atoms with Crippen LogP contribution in [-0.4, -0.2) is 48.0 Å². The van der Waals surface area contributed by atoms with Crippen molar-refractivity contribution in [2.45, 2.75) is 33.3 Å². The van der Waals surface area contributed by atoms with E-state index in [-0.39, 0.29) is 32.0 Å². The molecule has 0 fully saturated rings. The van der Waals surface area contributed by atoms with Crippen LogP contribution < -0.4 is 0 Å². The SMILES string of the molecule is CCOC(=O)C(C(=O)OCC)C(Cc1ncccc1O)OCC. The van der Waals surface area contributed by atoms with Crippen LogP contribution in [0.15, 0.2) is 18.3 Å². The van der Waals surface area contributed by atoms with Gasteiger partial charge in [0.15, 0.2) is 5.92 Å². The van der Waals surface area contributed by atoms with Gasteiger partial charge in [0.05, 0.1) is 25.0 Å². The average molecular weight is 325 g/mol. The number of pyridine rings is 1. The fourth-order valence-corrected chi connectivity index (χ4v) is 2.13. The minimum absolute atomic E-state index is 0.0244. The summed E-state index contributed by atoms with van der Waals surface area (Å²) < 4.78 is 15.5. The van der Waals surface area contributed by atoms with Crippen LogP contribution in [-0.2, 0) is 30.2 Å². The molecule has 0 spiro atoms. The summed E-state index contributed by atoms with van der Waals surface area (Å²) >= 11 is 0. The molecule has 1 N–H and O–H groups in total. The molecule has 1 atom stereocenters. The summed E-state index contributed by atoms with van der Waals surface area (Å²) in [5, 5.41) is 9.84. The van der Waals surface area contributed by atoms with Crippen molar-refractivity contribution in [2.24, 2.45) is 5.92 Å². The molecule has 23 heavy (non-hydrogen) atoms. The Labute approximate surface area is 135 Å². The Bertz CT molecular complexity index is 501. The third kappa shape index (κ3) is 5.52. The maximum absolute atomic E-state index is 12.2. The second-order valence-corrected chi connectivity index (χ2v) is 4.65. The zero-order valence-electron chi connectivity index (χ0n) is 13.7. The molecule has 7 nitrogen and oxygen atoms in total. The second kappa shape index (κ2) is 9.78. The number of rotatable bonds is 9. The first-order chi connectivity index (χ1) is 11.0. The number of carbonyl (C=O) groups excluding carboxylic acids is 2. The minimum Gasteiger partial charge on any atom is -0.506 e. The van der Waals surface area contributed by atoms with E-state index in [1.54, 1.807) is 26.8 Å². The van der Waals surface area contributed by atoms with Crippen LogP contribution in [0.5, 0.6) is 5.75 Å². The second-order valence-electron chi connectivity index (χ2n) is 4.65. The van der Waals surface area contributed by atoms with Crippen molar-refractivity contribution < 1.29 is 28.9 Å². The Morgan fingerprint density at radius 3 is 2.22 bits per heavy atom. The summed E-state index contributed by atoms with van der Waals surface area (Å²) in [7, 11) is 0. The van der Waals surface area contributed by atoms with Crippen LogP contribution in [0.2, 0.25) is 0 Å². The van der Waals surface area contributed by atoms with Gasteiger partial charge in [-0.2, -0.15) is 0 Å². The van der Waals surface area contributed by atoms with E-state index in [2.05, 4.69) is 4.98 Å². The predicted molar refractivity (Wildman–Crippen MR) is 81.8 cm³/mol. The lowest BCUT2D eigenvalue weighted by Gasteiger charge is -2.24. The molecule has 0 radical (unpaired) electrons. The summed E-state index contributed by atoms with van der Waals surface area (Å²) in [5.41, 5.74) is 0.338. The van der Waals surface area contributed by atoms with Gasteiger partial charge in [-0.15, -0.1) is 0 Å². The van der Waals surface area contributed by atoms with Gasteiger partial charge >= 0.3 is 11.9 Å². The van der Waals surface area contributed by atoms with Crippen molar-refractivity contribution in [3.05, 3.63) is 24.0 Å². The lowest BCUT2D eigenvalue weighted by atomic mass is 9.97. The van der Waals surface area contributed by atoms with Crippen molar-refractivity contribution in [3.8, 4) is 5.75 Å². The van der Waals surface area contributed by atoms with E-state index in [9.17, 15) is 14.7 Å². The number of carbonyl (C=O) groups is 2. The fraction of sp³-hybridized carbons (Fsp3) is 0.562. The van der Waals surface area contributed by atoms with Crippen LogP contribution in [0.1, 0.15) is 26.5 Å². The molecule has 7 heteroatoms. The van der Waals surface area contributed by atoms with Crippen LogP contribution in [0.4, 0.5) is 0 Å². The van der Waals surface area contributed by atoms with E-state index < -0.39 is 24.0 Å². The Morgan fingerprint density at radius 2 is 1.74 bits per heavy atom. The van der Waals surface area contributed by atoms with Crippen LogP contribution in [0.3, 0.4) is 0 Å².